The summed E-state index contributed by atoms with van der Waals surface area (Å²) >= 11 is 0. The van der Waals surface area contributed by atoms with E-state index in [-0.39, 0.29) is 23.8 Å². The predicted molar refractivity (Wildman–Crippen MR) is 76.1 cm³/mol. The number of carbonyl (C=O) groups excluding carboxylic acids is 2. The van der Waals surface area contributed by atoms with E-state index >= 15 is 0 Å². The second-order valence-electron chi connectivity index (χ2n) is 5.35. The Labute approximate surface area is 119 Å². The Morgan fingerprint density at radius 3 is 2.60 bits per heavy atom. The van der Waals surface area contributed by atoms with Crippen LogP contribution in [0.15, 0.2) is 30.3 Å². The minimum absolute atomic E-state index is 0.0808. The number of ether oxygens (including phenoxy) is 1. The van der Waals surface area contributed by atoms with Crippen LogP contribution in [0.25, 0.3) is 0 Å². The number of nitrogens with zero attached hydrogens (tertiary/aromatic N) is 1. The minimum Gasteiger partial charge on any atom is -0.469 e. The molecule has 1 amide bonds. The van der Waals surface area contributed by atoms with Gasteiger partial charge in [-0.1, -0.05) is 30.3 Å². The van der Waals surface area contributed by atoms with Crippen molar-refractivity contribution in [3.05, 3.63) is 35.9 Å². The average Bonchev–Trinajstić information content (AvgIpc) is 2.48. The number of hydrogen-bond donors (Lipinski definition) is 0. The zero-order valence-electron chi connectivity index (χ0n) is 12.0. The number of benzene rings is 1. The first kappa shape index (κ1) is 14.6. The maximum Gasteiger partial charge on any atom is 0.310 e. The molecule has 0 aliphatic carbocycles. The van der Waals surface area contributed by atoms with Gasteiger partial charge in [-0.2, -0.15) is 0 Å². The van der Waals surface area contributed by atoms with Crippen LogP contribution in [0.1, 0.15) is 25.3 Å². The van der Waals surface area contributed by atoms with Crippen molar-refractivity contribution in [1.82, 2.24) is 4.90 Å². The lowest BCUT2D eigenvalue weighted by Crippen LogP contribution is -2.48. The molecular weight excluding hydrogens is 254 g/mol. The first-order valence-electron chi connectivity index (χ1n) is 7.03. The van der Waals surface area contributed by atoms with E-state index in [0.717, 1.165) is 18.4 Å². The van der Waals surface area contributed by atoms with E-state index in [2.05, 4.69) is 0 Å². The van der Waals surface area contributed by atoms with Gasteiger partial charge < -0.3 is 9.64 Å². The van der Waals surface area contributed by atoms with Gasteiger partial charge >= 0.3 is 5.97 Å². The largest absolute Gasteiger partial charge is 0.469 e. The summed E-state index contributed by atoms with van der Waals surface area (Å²) in [5.41, 5.74) is 1.00. The molecule has 1 fully saturated rings. The standard InChI is InChI=1S/C16H21NO3/c1-12-8-9-14(16(19)20-2)11-17(12)15(18)10-13-6-4-3-5-7-13/h3-7,12,14H,8-11H2,1-2H3/t12-,14+/m1/s1. The summed E-state index contributed by atoms with van der Waals surface area (Å²) in [4.78, 5) is 25.9. The summed E-state index contributed by atoms with van der Waals surface area (Å²) in [5, 5.41) is 0. The normalized spacial score (nSPS) is 22.4. The van der Waals surface area contributed by atoms with Gasteiger partial charge in [-0.3, -0.25) is 9.59 Å². The molecule has 4 nitrogen and oxygen atoms in total. The van der Waals surface area contributed by atoms with Crippen LogP contribution in [-0.2, 0) is 20.7 Å². The van der Waals surface area contributed by atoms with Gasteiger partial charge in [-0.25, -0.2) is 0 Å². The summed E-state index contributed by atoms with van der Waals surface area (Å²) < 4.78 is 4.79. The van der Waals surface area contributed by atoms with E-state index in [4.69, 9.17) is 4.74 Å². The summed E-state index contributed by atoms with van der Waals surface area (Å²) in [7, 11) is 1.40. The minimum atomic E-state index is -0.214. The number of likely N-dealkylation sites (tertiary alicyclic amines) is 1. The molecule has 1 aromatic rings. The molecule has 0 N–H and O–H groups in total. The molecule has 0 saturated carbocycles. The van der Waals surface area contributed by atoms with E-state index < -0.39 is 0 Å². The number of carbonyl (C=O) groups is 2. The van der Waals surface area contributed by atoms with E-state index in [9.17, 15) is 9.59 Å². The van der Waals surface area contributed by atoms with Crippen molar-refractivity contribution in [2.75, 3.05) is 13.7 Å². The van der Waals surface area contributed by atoms with Crippen LogP contribution in [-0.4, -0.2) is 36.5 Å². The van der Waals surface area contributed by atoms with Crippen molar-refractivity contribution in [3.63, 3.8) is 0 Å². The Balaban J connectivity index is 2.01. The SMILES string of the molecule is COC(=O)[C@H]1CC[C@@H](C)N(C(=O)Cc2ccccc2)C1. The van der Waals surface area contributed by atoms with Crippen LogP contribution in [0.3, 0.4) is 0 Å². The quantitative estimate of drug-likeness (QED) is 0.793. The lowest BCUT2D eigenvalue weighted by Gasteiger charge is -2.37. The molecule has 2 rings (SSSR count). The fraction of sp³-hybridized carbons (Fsp3) is 0.500. The third-order valence-electron chi connectivity index (χ3n) is 3.94. The zero-order chi connectivity index (χ0) is 14.5. The predicted octanol–water partition coefficient (Wildman–Crippen LogP) is 2.03. The third kappa shape index (κ3) is 3.38. The molecule has 0 bridgehead atoms. The molecule has 4 heteroatoms. The van der Waals surface area contributed by atoms with E-state index in [1.54, 1.807) is 0 Å². The lowest BCUT2D eigenvalue weighted by atomic mass is 9.93. The monoisotopic (exact) mass is 275 g/mol. The zero-order valence-corrected chi connectivity index (χ0v) is 12.0. The molecule has 0 unspecified atom stereocenters. The molecule has 1 aromatic carbocycles. The van der Waals surface area contributed by atoms with Crippen LogP contribution in [0, 0.1) is 5.92 Å². The molecule has 1 saturated heterocycles. The van der Waals surface area contributed by atoms with Gasteiger partial charge in [0.1, 0.15) is 0 Å². The van der Waals surface area contributed by atoms with Crippen LogP contribution in [0.5, 0.6) is 0 Å². The molecule has 20 heavy (non-hydrogen) atoms. The second kappa shape index (κ2) is 6.55. The summed E-state index contributed by atoms with van der Waals surface area (Å²) in [6, 6.07) is 9.88. The van der Waals surface area contributed by atoms with Crippen LogP contribution in [0.2, 0.25) is 0 Å². The van der Waals surface area contributed by atoms with Crippen molar-refractivity contribution in [1.29, 1.82) is 0 Å². The number of rotatable bonds is 3. The second-order valence-corrected chi connectivity index (χ2v) is 5.35. The average molecular weight is 275 g/mol. The summed E-state index contributed by atoms with van der Waals surface area (Å²) in [6.45, 7) is 2.51. The third-order valence-corrected chi connectivity index (χ3v) is 3.94. The van der Waals surface area contributed by atoms with E-state index in [1.807, 2.05) is 42.2 Å². The fourth-order valence-electron chi connectivity index (χ4n) is 2.69. The maximum atomic E-state index is 12.4. The molecule has 1 heterocycles. The number of piperidine rings is 1. The van der Waals surface area contributed by atoms with Gasteiger partial charge in [0.15, 0.2) is 0 Å². The van der Waals surface area contributed by atoms with E-state index in [0.29, 0.717) is 13.0 Å². The lowest BCUT2D eigenvalue weighted by molar-refractivity contribution is -0.150. The highest BCUT2D eigenvalue weighted by Crippen LogP contribution is 2.23. The molecule has 1 aliphatic heterocycles. The topological polar surface area (TPSA) is 46.6 Å². The molecular formula is C16H21NO3. The number of amides is 1. The summed E-state index contributed by atoms with van der Waals surface area (Å²) in [6.07, 6.45) is 2.03. The Morgan fingerprint density at radius 1 is 1.25 bits per heavy atom. The van der Waals surface area contributed by atoms with E-state index in [1.165, 1.54) is 7.11 Å². The smallest absolute Gasteiger partial charge is 0.310 e. The van der Waals surface area contributed by atoms with Gasteiger partial charge in [0.05, 0.1) is 19.4 Å². The molecule has 0 aromatic heterocycles. The number of methoxy groups -OCH3 is 1. The van der Waals surface area contributed by atoms with Gasteiger partial charge in [-0.05, 0) is 25.3 Å². The van der Waals surface area contributed by atoms with Crippen LogP contribution >= 0.6 is 0 Å². The highest BCUT2D eigenvalue weighted by atomic mass is 16.5. The Hall–Kier alpha value is -1.84. The molecule has 2 atom stereocenters. The number of esters is 1. The van der Waals surface area contributed by atoms with Crippen molar-refractivity contribution in [2.45, 2.75) is 32.2 Å². The number of hydrogen-bond acceptors (Lipinski definition) is 3. The molecule has 1 aliphatic rings. The molecule has 0 spiro atoms. The van der Waals surface area contributed by atoms with Gasteiger partial charge in [0.25, 0.3) is 0 Å². The van der Waals surface area contributed by atoms with Gasteiger partial charge in [-0.15, -0.1) is 0 Å². The Morgan fingerprint density at radius 2 is 1.95 bits per heavy atom. The first-order chi connectivity index (χ1) is 9.61. The van der Waals surface area contributed by atoms with Crippen molar-refractivity contribution < 1.29 is 14.3 Å². The van der Waals surface area contributed by atoms with Crippen LogP contribution in [0.4, 0.5) is 0 Å². The fourth-order valence-corrected chi connectivity index (χ4v) is 2.69. The first-order valence-corrected chi connectivity index (χ1v) is 7.03. The molecule has 0 radical (unpaired) electrons. The molecule has 108 valence electrons. The highest BCUT2D eigenvalue weighted by Gasteiger charge is 2.32. The highest BCUT2D eigenvalue weighted by molar-refractivity contribution is 5.80. The van der Waals surface area contributed by atoms with Crippen LogP contribution < -0.4 is 0 Å². The summed E-state index contributed by atoms with van der Waals surface area (Å²) in [5.74, 6) is -0.317. The van der Waals surface area contributed by atoms with Gasteiger partial charge in [0, 0.05) is 12.6 Å². The van der Waals surface area contributed by atoms with Gasteiger partial charge in [0.2, 0.25) is 5.91 Å². The van der Waals surface area contributed by atoms with Crippen molar-refractivity contribution in [3.8, 4) is 0 Å². The Kier molecular flexibility index (Phi) is 4.77. The van der Waals surface area contributed by atoms with Crippen molar-refractivity contribution in [2.24, 2.45) is 5.92 Å². The van der Waals surface area contributed by atoms with Crippen molar-refractivity contribution >= 4 is 11.9 Å². The Bertz CT molecular complexity index is 472. The maximum absolute atomic E-state index is 12.4.